The molecule has 2 aromatic carbocycles. The molecule has 1 heterocycles. The molecule has 8 nitrogen and oxygen atoms in total. The van der Waals surface area contributed by atoms with Crippen molar-refractivity contribution < 1.29 is 19.2 Å². The van der Waals surface area contributed by atoms with Gasteiger partial charge in [-0.2, -0.15) is 0 Å². The highest BCUT2D eigenvalue weighted by atomic mass is 35.5. The molecule has 1 unspecified atom stereocenters. The number of carbonyl (C=O) groups excluding carboxylic acids is 2. The number of anilines is 2. The molecule has 0 bridgehead atoms. The van der Waals surface area contributed by atoms with E-state index in [2.05, 4.69) is 5.32 Å². The highest BCUT2D eigenvalue weighted by molar-refractivity contribution is 6.30. The molecule has 0 saturated carbocycles. The fourth-order valence-electron chi connectivity index (χ4n) is 3.08. The summed E-state index contributed by atoms with van der Waals surface area (Å²) in [5.74, 6) is -0.756. The third kappa shape index (κ3) is 4.32. The monoisotopic (exact) mass is 417 g/mol. The fourth-order valence-corrected chi connectivity index (χ4v) is 3.30. The molecule has 0 aromatic heterocycles. The van der Waals surface area contributed by atoms with Crippen molar-refractivity contribution in [1.29, 1.82) is 0 Å². The first-order chi connectivity index (χ1) is 13.7. The summed E-state index contributed by atoms with van der Waals surface area (Å²) in [4.78, 5) is 37.4. The van der Waals surface area contributed by atoms with Gasteiger partial charge in [-0.1, -0.05) is 25.4 Å². The Labute approximate surface area is 172 Å². The summed E-state index contributed by atoms with van der Waals surface area (Å²) in [6, 6.07) is 9.03. The van der Waals surface area contributed by atoms with Crippen LogP contribution < -0.4 is 15.0 Å². The maximum absolute atomic E-state index is 12.9. The standard InChI is InChI=1S/C20H20ClN3O5/c1-11(2)19-20(26)23(16-7-5-14(24(27)28)9-17(16)29-19)10-18(25)22-15-6-4-13(21)8-12(15)3/h4-9,11,19H,10H2,1-3H3,(H,22,25). The molecule has 0 aliphatic carbocycles. The predicted molar refractivity (Wildman–Crippen MR) is 110 cm³/mol. The van der Waals surface area contributed by atoms with E-state index in [1.165, 1.54) is 23.1 Å². The van der Waals surface area contributed by atoms with Crippen LogP contribution in [0, 0.1) is 23.0 Å². The van der Waals surface area contributed by atoms with Gasteiger partial charge in [-0.3, -0.25) is 24.6 Å². The van der Waals surface area contributed by atoms with E-state index >= 15 is 0 Å². The molecule has 29 heavy (non-hydrogen) atoms. The zero-order valence-corrected chi connectivity index (χ0v) is 16.9. The molecule has 9 heteroatoms. The molecular weight excluding hydrogens is 398 g/mol. The number of aryl methyl sites for hydroxylation is 1. The molecule has 0 spiro atoms. The van der Waals surface area contributed by atoms with Gasteiger partial charge in [0.15, 0.2) is 11.9 Å². The second kappa shape index (κ2) is 8.08. The first-order valence-corrected chi connectivity index (χ1v) is 9.37. The summed E-state index contributed by atoms with van der Waals surface area (Å²) in [5, 5.41) is 14.4. The number of non-ortho nitro benzene ring substituents is 1. The molecule has 1 aliphatic rings. The van der Waals surface area contributed by atoms with E-state index < -0.39 is 16.9 Å². The molecule has 1 aliphatic heterocycles. The van der Waals surface area contributed by atoms with Crippen LogP contribution in [0.1, 0.15) is 19.4 Å². The molecule has 152 valence electrons. The van der Waals surface area contributed by atoms with Crippen LogP contribution in [0.2, 0.25) is 5.02 Å². The van der Waals surface area contributed by atoms with Crippen LogP contribution in [-0.4, -0.2) is 29.4 Å². The summed E-state index contributed by atoms with van der Waals surface area (Å²) in [6.07, 6.45) is -0.838. The number of benzene rings is 2. The Kier molecular flexibility index (Phi) is 5.74. The van der Waals surface area contributed by atoms with E-state index in [1.54, 1.807) is 32.0 Å². The number of nitro groups is 1. The van der Waals surface area contributed by atoms with Crippen molar-refractivity contribution in [3.05, 3.63) is 57.1 Å². The van der Waals surface area contributed by atoms with Crippen molar-refractivity contribution >= 4 is 40.5 Å². The van der Waals surface area contributed by atoms with Gasteiger partial charge in [0.2, 0.25) is 5.91 Å². The van der Waals surface area contributed by atoms with Gasteiger partial charge in [-0.15, -0.1) is 0 Å². The molecule has 1 N–H and O–H groups in total. The third-order valence-electron chi connectivity index (χ3n) is 4.58. The summed E-state index contributed by atoms with van der Waals surface area (Å²) in [6.45, 7) is 5.17. The van der Waals surface area contributed by atoms with E-state index in [-0.39, 0.29) is 29.8 Å². The van der Waals surface area contributed by atoms with Crippen molar-refractivity contribution in [3.8, 4) is 5.75 Å². The molecule has 3 rings (SSSR count). The zero-order chi connectivity index (χ0) is 21.3. The van der Waals surface area contributed by atoms with Crippen LogP contribution in [-0.2, 0) is 9.59 Å². The molecule has 2 amide bonds. The average molecular weight is 418 g/mol. The molecule has 0 saturated heterocycles. The van der Waals surface area contributed by atoms with E-state index in [4.69, 9.17) is 16.3 Å². The Bertz CT molecular complexity index is 992. The second-order valence-electron chi connectivity index (χ2n) is 7.12. The van der Waals surface area contributed by atoms with Gasteiger partial charge in [0, 0.05) is 16.8 Å². The molecular formula is C20H20ClN3O5. The van der Waals surface area contributed by atoms with E-state index in [0.717, 1.165) is 5.56 Å². The van der Waals surface area contributed by atoms with Gasteiger partial charge < -0.3 is 10.1 Å². The first-order valence-electron chi connectivity index (χ1n) is 9.00. The predicted octanol–water partition coefficient (Wildman–Crippen LogP) is 3.95. The van der Waals surface area contributed by atoms with Crippen molar-refractivity contribution in [2.24, 2.45) is 5.92 Å². The number of ether oxygens (including phenoxy) is 1. The number of hydrogen-bond donors (Lipinski definition) is 1. The van der Waals surface area contributed by atoms with Crippen LogP contribution in [0.25, 0.3) is 0 Å². The fraction of sp³-hybridized carbons (Fsp3) is 0.300. The Morgan fingerprint density at radius 3 is 2.66 bits per heavy atom. The SMILES string of the molecule is Cc1cc(Cl)ccc1NC(=O)CN1C(=O)C(C(C)C)Oc2cc([N+](=O)[O-])ccc21. The minimum Gasteiger partial charge on any atom is -0.478 e. The van der Waals surface area contributed by atoms with Gasteiger partial charge in [-0.25, -0.2) is 0 Å². The molecule has 0 radical (unpaired) electrons. The lowest BCUT2D eigenvalue weighted by molar-refractivity contribution is -0.384. The largest absolute Gasteiger partial charge is 0.478 e. The quantitative estimate of drug-likeness (QED) is 0.586. The highest BCUT2D eigenvalue weighted by Gasteiger charge is 2.38. The summed E-state index contributed by atoms with van der Waals surface area (Å²) < 4.78 is 5.72. The van der Waals surface area contributed by atoms with Crippen LogP contribution >= 0.6 is 11.6 Å². The van der Waals surface area contributed by atoms with Crippen molar-refractivity contribution in [3.63, 3.8) is 0 Å². The van der Waals surface area contributed by atoms with Crippen molar-refractivity contribution in [1.82, 2.24) is 0 Å². The van der Waals surface area contributed by atoms with Crippen LogP contribution in [0.5, 0.6) is 5.75 Å². The highest BCUT2D eigenvalue weighted by Crippen LogP contribution is 2.38. The lowest BCUT2D eigenvalue weighted by Crippen LogP contribution is -2.50. The van der Waals surface area contributed by atoms with Gasteiger partial charge in [0.25, 0.3) is 11.6 Å². The van der Waals surface area contributed by atoms with Crippen molar-refractivity contribution in [2.75, 3.05) is 16.8 Å². The maximum Gasteiger partial charge on any atom is 0.273 e. The third-order valence-corrected chi connectivity index (χ3v) is 4.81. The number of nitrogens with zero attached hydrogens (tertiary/aromatic N) is 2. The van der Waals surface area contributed by atoms with Crippen LogP contribution in [0.3, 0.4) is 0 Å². The minimum atomic E-state index is -0.838. The number of halogens is 1. The Balaban J connectivity index is 1.89. The Hall–Kier alpha value is -3.13. The number of rotatable bonds is 5. The van der Waals surface area contributed by atoms with Gasteiger partial charge in [0.05, 0.1) is 16.7 Å². The maximum atomic E-state index is 12.9. The van der Waals surface area contributed by atoms with Crippen molar-refractivity contribution in [2.45, 2.75) is 26.9 Å². The average Bonchev–Trinajstić information content (AvgIpc) is 2.65. The van der Waals surface area contributed by atoms with E-state index in [9.17, 15) is 19.7 Å². The molecule has 0 fully saturated rings. The Morgan fingerprint density at radius 1 is 1.31 bits per heavy atom. The number of fused-ring (bicyclic) bond motifs is 1. The second-order valence-corrected chi connectivity index (χ2v) is 7.56. The summed E-state index contributed by atoms with van der Waals surface area (Å²) in [5.41, 5.74) is 1.54. The zero-order valence-electron chi connectivity index (χ0n) is 16.1. The van der Waals surface area contributed by atoms with Crippen LogP contribution in [0.15, 0.2) is 36.4 Å². The molecule has 2 aromatic rings. The lowest BCUT2D eigenvalue weighted by Gasteiger charge is -2.35. The lowest BCUT2D eigenvalue weighted by atomic mass is 10.0. The smallest absolute Gasteiger partial charge is 0.273 e. The number of amides is 2. The number of hydrogen-bond acceptors (Lipinski definition) is 5. The summed E-state index contributed by atoms with van der Waals surface area (Å²) >= 11 is 5.94. The van der Waals surface area contributed by atoms with Crippen LogP contribution in [0.4, 0.5) is 17.1 Å². The van der Waals surface area contributed by atoms with Gasteiger partial charge in [-0.05, 0) is 42.7 Å². The van der Waals surface area contributed by atoms with E-state index in [1.807, 2.05) is 6.92 Å². The molecule has 1 atom stereocenters. The first kappa shape index (κ1) is 20.6. The summed E-state index contributed by atoms with van der Waals surface area (Å²) in [7, 11) is 0. The number of nitro benzene ring substituents is 1. The Morgan fingerprint density at radius 2 is 2.03 bits per heavy atom. The normalized spacial score (nSPS) is 15.7. The number of carbonyl (C=O) groups is 2. The minimum absolute atomic E-state index is 0.151. The number of nitrogens with one attached hydrogen (secondary N) is 1. The topological polar surface area (TPSA) is 102 Å². The van der Waals surface area contributed by atoms with E-state index in [0.29, 0.717) is 16.4 Å². The van der Waals surface area contributed by atoms with Gasteiger partial charge >= 0.3 is 0 Å². The van der Waals surface area contributed by atoms with Gasteiger partial charge in [0.1, 0.15) is 6.54 Å².